The molecular formula is C21H38IN3O4. The number of nitrogens with zero attached hydrogens (tertiary/aromatic N) is 1. The summed E-state index contributed by atoms with van der Waals surface area (Å²) in [5.74, 6) is 1.69. The van der Waals surface area contributed by atoms with Gasteiger partial charge < -0.3 is 29.6 Å². The summed E-state index contributed by atoms with van der Waals surface area (Å²) < 4.78 is 21.5. The second kappa shape index (κ2) is 18.9. The number of halogens is 1. The van der Waals surface area contributed by atoms with Crippen molar-refractivity contribution in [2.45, 2.75) is 33.2 Å². The average molecular weight is 523 g/mol. The number of methoxy groups -OCH3 is 2. The zero-order valence-electron chi connectivity index (χ0n) is 18.3. The van der Waals surface area contributed by atoms with Gasteiger partial charge in [0.2, 0.25) is 0 Å². The van der Waals surface area contributed by atoms with E-state index in [1.54, 1.807) is 14.2 Å². The van der Waals surface area contributed by atoms with E-state index in [-0.39, 0.29) is 24.0 Å². The van der Waals surface area contributed by atoms with Crippen LogP contribution in [-0.4, -0.2) is 66.3 Å². The number of rotatable bonds is 15. The normalized spacial score (nSPS) is 11.1. The molecule has 1 rings (SSSR count). The molecule has 0 aliphatic rings. The molecular weight excluding hydrogens is 485 g/mol. The van der Waals surface area contributed by atoms with Gasteiger partial charge in [-0.25, -0.2) is 4.99 Å². The van der Waals surface area contributed by atoms with Crippen molar-refractivity contribution in [3.63, 3.8) is 0 Å². The molecule has 1 aromatic carbocycles. The van der Waals surface area contributed by atoms with Crippen molar-refractivity contribution in [3.8, 4) is 5.75 Å². The molecule has 0 atom stereocenters. The number of hydrogen-bond acceptors (Lipinski definition) is 5. The van der Waals surface area contributed by atoms with Gasteiger partial charge in [0.25, 0.3) is 0 Å². The van der Waals surface area contributed by atoms with Crippen molar-refractivity contribution in [2.24, 2.45) is 4.99 Å². The first kappa shape index (κ1) is 27.9. The van der Waals surface area contributed by atoms with E-state index in [1.807, 2.05) is 0 Å². The van der Waals surface area contributed by atoms with E-state index in [0.717, 1.165) is 43.2 Å². The Morgan fingerprint density at radius 1 is 0.966 bits per heavy atom. The van der Waals surface area contributed by atoms with Gasteiger partial charge in [0, 0.05) is 52.5 Å². The predicted octanol–water partition coefficient (Wildman–Crippen LogP) is 3.14. The lowest BCUT2D eigenvalue weighted by Gasteiger charge is -2.14. The van der Waals surface area contributed by atoms with Crippen LogP contribution in [-0.2, 0) is 20.8 Å². The zero-order chi connectivity index (χ0) is 20.5. The highest BCUT2D eigenvalue weighted by atomic mass is 127. The van der Waals surface area contributed by atoms with Crippen LogP contribution in [0.2, 0.25) is 0 Å². The molecule has 7 nitrogen and oxygen atoms in total. The number of benzene rings is 1. The molecule has 0 aliphatic heterocycles. The SMILES string of the molecule is CCNC(=NCc1ccc(C)cc1OCCCOC)NCCCOCCOC.I. The van der Waals surface area contributed by atoms with Gasteiger partial charge in [-0.2, -0.15) is 0 Å². The van der Waals surface area contributed by atoms with E-state index in [4.69, 9.17) is 23.9 Å². The third-order valence-corrected chi connectivity index (χ3v) is 3.91. The molecule has 0 saturated heterocycles. The highest BCUT2D eigenvalue weighted by Crippen LogP contribution is 2.21. The Morgan fingerprint density at radius 3 is 2.48 bits per heavy atom. The second-order valence-corrected chi connectivity index (χ2v) is 6.39. The highest BCUT2D eigenvalue weighted by Gasteiger charge is 2.05. The molecule has 0 aromatic heterocycles. The standard InChI is InChI=1S/C21H37N3O4.HI/c1-5-22-21(23-10-6-12-27-15-14-26-4)24-17-19-9-8-18(2)16-20(19)28-13-7-11-25-3;/h8-9,16H,5-7,10-15,17H2,1-4H3,(H2,22,23,24);1H. The lowest BCUT2D eigenvalue weighted by atomic mass is 10.1. The Morgan fingerprint density at radius 2 is 1.76 bits per heavy atom. The van der Waals surface area contributed by atoms with Gasteiger partial charge in [0.1, 0.15) is 5.75 Å². The maximum absolute atomic E-state index is 5.94. The molecule has 0 aliphatic carbocycles. The van der Waals surface area contributed by atoms with Crippen molar-refractivity contribution in [1.29, 1.82) is 0 Å². The highest BCUT2D eigenvalue weighted by molar-refractivity contribution is 14.0. The molecule has 1 aromatic rings. The average Bonchev–Trinajstić information content (AvgIpc) is 2.69. The van der Waals surface area contributed by atoms with Gasteiger partial charge in [-0.05, 0) is 31.9 Å². The smallest absolute Gasteiger partial charge is 0.191 e. The molecule has 0 unspecified atom stereocenters. The van der Waals surface area contributed by atoms with Crippen molar-refractivity contribution >= 4 is 29.9 Å². The molecule has 2 N–H and O–H groups in total. The maximum Gasteiger partial charge on any atom is 0.191 e. The van der Waals surface area contributed by atoms with Gasteiger partial charge in [-0.1, -0.05) is 12.1 Å². The summed E-state index contributed by atoms with van der Waals surface area (Å²) in [5.41, 5.74) is 2.25. The van der Waals surface area contributed by atoms with Gasteiger partial charge >= 0.3 is 0 Å². The maximum atomic E-state index is 5.94. The summed E-state index contributed by atoms with van der Waals surface area (Å²) >= 11 is 0. The van der Waals surface area contributed by atoms with E-state index >= 15 is 0 Å². The number of aryl methyl sites for hydroxylation is 1. The van der Waals surface area contributed by atoms with E-state index < -0.39 is 0 Å². The molecule has 0 heterocycles. The van der Waals surface area contributed by atoms with E-state index in [1.165, 1.54) is 5.56 Å². The zero-order valence-corrected chi connectivity index (χ0v) is 20.6. The van der Waals surface area contributed by atoms with Crippen molar-refractivity contribution in [2.75, 3.05) is 60.3 Å². The Balaban J connectivity index is 0.00000784. The predicted molar refractivity (Wildman–Crippen MR) is 129 cm³/mol. The summed E-state index contributed by atoms with van der Waals surface area (Å²) in [5, 5.41) is 6.62. The monoisotopic (exact) mass is 523 g/mol. The first-order chi connectivity index (χ1) is 13.7. The molecule has 168 valence electrons. The number of ether oxygens (including phenoxy) is 4. The van der Waals surface area contributed by atoms with Crippen molar-refractivity contribution in [3.05, 3.63) is 29.3 Å². The molecule has 0 radical (unpaired) electrons. The Kier molecular flexibility index (Phi) is 18.2. The van der Waals surface area contributed by atoms with E-state index in [9.17, 15) is 0 Å². The summed E-state index contributed by atoms with van der Waals surface area (Å²) in [6, 6.07) is 6.23. The largest absolute Gasteiger partial charge is 0.493 e. The summed E-state index contributed by atoms with van der Waals surface area (Å²) in [7, 11) is 3.38. The van der Waals surface area contributed by atoms with Crippen LogP contribution < -0.4 is 15.4 Å². The van der Waals surface area contributed by atoms with Crippen LogP contribution in [0, 0.1) is 6.92 Å². The number of guanidine groups is 1. The third-order valence-electron chi connectivity index (χ3n) is 3.91. The number of aliphatic imine (C=N–C) groups is 1. The Hall–Kier alpha value is -1.10. The van der Waals surface area contributed by atoms with Crippen molar-refractivity contribution in [1.82, 2.24) is 10.6 Å². The lowest BCUT2D eigenvalue weighted by molar-refractivity contribution is 0.0698. The molecule has 29 heavy (non-hydrogen) atoms. The third kappa shape index (κ3) is 13.7. The lowest BCUT2D eigenvalue weighted by Crippen LogP contribution is -2.38. The number of hydrogen-bond donors (Lipinski definition) is 2. The molecule has 0 bridgehead atoms. The van der Waals surface area contributed by atoms with E-state index in [0.29, 0.717) is 39.6 Å². The van der Waals surface area contributed by atoms with Crippen LogP contribution in [0.3, 0.4) is 0 Å². The van der Waals surface area contributed by atoms with Crippen LogP contribution in [0.15, 0.2) is 23.2 Å². The second-order valence-electron chi connectivity index (χ2n) is 6.39. The summed E-state index contributed by atoms with van der Waals surface area (Å²) in [6.07, 6.45) is 1.77. The van der Waals surface area contributed by atoms with Crippen LogP contribution in [0.1, 0.15) is 30.9 Å². The molecule has 0 fully saturated rings. The fourth-order valence-electron chi connectivity index (χ4n) is 2.44. The Bertz CT molecular complexity index is 559. The quantitative estimate of drug-likeness (QED) is 0.159. The summed E-state index contributed by atoms with van der Waals surface area (Å²) in [6.45, 7) is 9.58. The van der Waals surface area contributed by atoms with Crippen LogP contribution >= 0.6 is 24.0 Å². The molecule has 0 saturated carbocycles. The van der Waals surface area contributed by atoms with Crippen LogP contribution in [0.5, 0.6) is 5.75 Å². The Labute approximate surface area is 192 Å². The first-order valence-corrected chi connectivity index (χ1v) is 10.0. The number of nitrogens with one attached hydrogen (secondary N) is 2. The fourth-order valence-corrected chi connectivity index (χ4v) is 2.44. The van der Waals surface area contributed by atoms with Gasteiger partial charge in [-0.3, -0.25) is 0 Å². The van der Waals surface area contributed by atoms with Gasteiger partial charge in [0.05, 0.1) is 26.4 Å². The molecule has 8 heteroatoms. The van der Waals surface area contributed by atoms with Crippen LogP contribution in [0.4, 0.5) is 0 Å². The molecule has 0 spiro atoms. The van der Waals surface area contributed by atoms with Gasteiger partial charge in [0.15, 0.2) is 5.96 Å². The van der Waals surface area contributed by atoms with Crippen molar-refractivity contribution < 1.29 is 18.9 Å². The minimum atomic E-state index is 0. The van der Waals surface area contributed by atoms with Crippen LogP contribution in [0.25, 0.3) is 0 Å². The first-order valence-electron chi connectivity index (χ1n) is 10.0. The minimum Gasteiger partial charge on any atom is -0.493 e. The fraction of sp³-hybridized carbons (Fsp3) is 0.667. The minimum absolute atomic E-state index is 0. The summed E-state index contributed by atoms with van der Waals surface area (Å²) in [4.78, 5) is 4.69. The van der Waals surface area contributed by atoms with Gasteiger partial charge in [-0.15, -0.1) is 24.0 Å². The topological polar surface area (TPSA) is 73.3 Å². The van der Waals surface area contributed by atoms with E-state index in [2.05, 4.69) is 42.7 Å². The molecule has 0 amide bonds.